The molecule has 30 heavy (non-hydrogen) atoms. The number of esters is 1. The molecule has 0 bridgehead atoms. The molecule has 2 aromatic carbocycles. The maximum atomic E-state index is 12.7. The van der Waals surface area contributed by atoms with Gasteiger partial charge in [0.25, 0.3) is 0 Å². The highest BCUT2D eigenvalue weighted by Gasteiger charge is 2.42. The van der Waals surface area contributed by atoms with Gasteiger partial charge in [-0.2, -0.15) is 13.2 Å². The Morgan fingerprint density at radius 2 is 1.87 bits per heavy atom. The van der Waals surface area contributed by atoms with Gasteiger partial charge in [-0.15, -0.1) is 0 Å². The maximum absolute atomic E-state index is 12.7. The van der Waals surface area contributed by atoms with Crippen LogP contribution in [-0.4, -0.2) is 28.7 Å². The van der Waals surface area contributed by atoms with Crippen molar-refractivity contribution >= 4 is 23.4 Å². The largest absolute Gasteiger partial charge is 0.490 e. The van der Waals surface area contributed by atoms with Crippen LogP contribution < -0.4 is 5.32 Å². The van der Waals surface area contributed by atoms with Gasteiger partial charge >= 0.3 is 12.1 Å². The van der Waals surface area contributed by atoms with Crippen molar-refractivity contribution in [1.29, 1.82) is 0 Å². The van der Waals surface area contributed by atoms with Crippen molar-refractivity contribution in [3.8, 4) is 11.3 Å². The third-order valence-corrected chi connectivity index (χ3v) is 4.67. The van der Waals surface area contributed by atoms with Crippen LogP contribution in [0.5, 0.6) is 0 Å². The van der Waals surface area contributed by atoms with Crippen LogP contribution in [0.4, 0.5) is 19.0 Å². The number of benzene rings is 2. The van der Waals surface area contributed by atoms with E-state index in [0.717, 1.165) is 11.1 Å². The quantitative estimate of drug-likeness (QED) is 0.528. The summed E-state index contributed by atoms with van der Waals surface area (Å²) in [4.78, 5) is 19.7. The first-order valence-corrected chi connectivity index (χ1v) is 9.27. The number of nitrogens with one attached hydrogen (secondary N) is 1. The summed E-state index contributed by atoms with van der Waals surface area (Å²) in [7, 11) is 0. The summed E-state index contributed by atoms with van der Waals surface area (Å²) in [6.07, 6.45) is -4.90. The van der Waals surface area contributed by atoms with Crippen molar-refractivity contribution in [3.05, 3.63) is 77.1 Å². The number of alkyl halides is 3. The van der Waals surface area contributed by atoms with Gasteiger partial charge in [0.1, 0.15) is 18.2 Å². The van der Waals surface area contributed by atoms with E-state index in [0.29, 0.717) is 22.1 Å². The standard InChI is InChI=1S/C21H17ClF3N3O2/c1-13-9-15(7-8-16(13)22)17-10-19(28-12-27-17)26-11-18(14-5-3-2-4-6-14)30-20(29)21(23,24)25/h2-10,12,18H,11H2,1H3,(H,26,27,28)/t18-/m0/s1. The number of nitrogens with zero attached hydrogens (tertiary/aromatic N) is 2. The highest BCUT2D eigenvalue weighted by atomic mass is 35.5. The molecule has 0 aliphatic carbocycles. The van der Waals surface area contributed by atoms with Gasteiger partial charge in [0, 0.05) is 16.7 Å². The normalized spacial score (nSPS) is 12.3. The van der Waals surface area contributed by atoms with Gasteiger partial charge in [-0.1, -0.05) is 48.0 Å². The van der Waals surface area contributed by atoms with Crippen molar-refractivity contribution < 1.29 is 22.7 Å². The molecule has 0 radical (unpaired) electrons. The fourth-order valence-electron chi connectivity index (χ4n) is 2.70. The van der Waals surface area contributed by atoms with Gasteiger partial charge in [-0.05, 0) is 30.2 Å². The molecule has 5 nitrogen and oxygen atoms in total. The van der Waals surface area contributed by atoms with Gasteiger partial charge in [-0.25, -0.2) is 14.8 Å². The minimum absolute atomic E-state index is 0.109. The Bertz CT molecular complexity index is 1030. The number of hydrogen-bond acceptors (Lipinski definition) is 5. The monoisotopic (exact) mass is 435 g/mol. The number of halogens is 4. The summed E-state index contributed by atoms with van der Waals surface area (Å²) in [6.45, 7) is 1.76. The summed E-state index contributed by atoms with van der Waals surface area (Å²) in [5.74, 6) is -1.88. The highest BCUT2D eigenvalue weighted by Crippen LogP contribution is 2.26. The van der Waals surface area contributed by atoms with Gasteiger partial charge in [0.15, 0.2) is 0 Å². The van der Waals surface area contributed by atoms with Gasteiger partial charge < -0.3 is 10.1 Å². The van der Waals surface area contributed by atoms with E-state index in [4.69, 9.17) is 11.6 Å². The molecule has 0 aliphatic rings. The van der Waals surface area contributed by atoms with Crippen LogP contribution >= 0.6 is 11.6 Å². The Labute approximate surface area is 175 Å². The molecule has 3 rings (SSSR count). The number of hydrogen-bond donors (Lipinski definition) is 1. The van der Waals surface area contributed by atoms with Crippen LogP contribution in [0.25, 0.3) is 11.3 Å². The Morgan fingerprint density at radius 3 is 2.53 bits per heavy atom. The number of ether oxygens (including phenoxy) is 1. The third kappa shape index (κ3) is 5.48. The zero-order chi connectivity index (χ0) is 21.7. The number of rotatable bonds is 6. The minimum Gasteiger partial charge on any atom is -0.449 e. The van der Waals surface area contributed by atoms with E-state index >= 15 is 0 Å². The SMILES string of the molecule is Cc1cc(-c2cc(NC[C@H](OC(=O)C(F)(F)F)c3ccccc3)ncn2)ccc1Cl. The number of carbonyl (C=O) groups excluding carboxylic acids is 1. The van der Waals surface area contributed by atoms with E-state index in [2.05, 4.69) is 20.0 Å². The molecule has 0 saturated heterocycles. The first-order valence-electron chi connectivity index (χ1n) is 8.89. The fraction of sp³-hybridized carbons (Fsp3) is 0.190. The van der Waals surface area contributed by atoms with Crippen molar-refractivity contribution in [2.24, 2.45) is 0 Å². The second-order valence-corrected chi connectivity index (χ2v) is 6.84. The number of anilines is 1. The summed E-state index contributed by atoms with van der Waals surface area (Å²) >= 11 is 6.05. The van der Waals surface area contributed by atoms with Crippen LogP contribution in [0.1, 0.15) is 17.2 Å². The van der Waals surface area contributed by atoms with Crippen LogP contribution in [0, 0.1) is 6.92 Å². The average molecular weight is 436 g/mol. The van der Waals surface area contributed by atoms with Crippen molar-refractivity contribution in [2.45, 2.75) is 19.2 Å². The topological polar surface area (TPSA) is 64.1 Å². The smallest absolute Gasteiger partial charge is 0.449 e. The molecule has 0 amide bonds. The lowest BCUT2D eigenvalue weighted by atomic mass is 10.1. The van der Waals surface area contributed by atoms with Crippen LogP contribution in [0.15, 0.2) is 60.9 Å². The molecule has 0 aliphatic heterocycles. The lowest BCUT2D eigenvalue weighted by Crippen LogP contribution is -2.29. The van der Waals surface area contributed by atoms with Gasteiger partial charge in [0.05, 0.1) is 12.2 Å². The van der Waals surface area contributed by atoms with Gasteiger partial charge in [-0.3, -0.25) is 0 Å². The molecule has 1 heterocycles. The zero-order valence-electron chi connectivity index (χ0n) is 15.8. The lowest BCUT2D eigenvalue weighted by molar-refractivity contribution is -0.204. The lowest BCUT2D eigenvalue weighted by Gasteiger charge is -2.20. The van der Waals surface area contributed by atoms with E-state index in [-0.39, 0.29) is 6.54 Å². The maximum Gasteiger partial charge on any atom is 0.490 e. The molecule has 0 unspecified atom stereocenters. The summed E-state index contributed by atoms with van der Waals surface area (Å²) in [6, 6.07) is 15.2. The summed E-state index contributed by atoms with van der Waals surface area (Å²) in [5.41, 5.74) is 2.72. The molecule has 0 fully saturated rings. The number of carbonyl (C=O) groups is 1. The van der Waals surface area contributed by atoms with Crippen molar-refractivity contribution in [2.75, 3.05) is 11.9 Å². The molecule has 1 aromatic heterocycles. The predicted octanol–water partition coefficient (Wildman–Crippen LogP) is 5.36. The molecule has 1 atom stereocenters. The Hall–Kier alpha value is -3.13. The first-order chi connectivity index (χ1) is 14.2. The molecule has 3 aromatic rings. The molecule has 1 N–H and O–H groups in total. The van der Waals surface area contributed by atoms with E-state index in [1.807, 2.05) is 13.0 Å². The second-order valence-electron chi connectivity index (χ2n) is 6.44. The Balaban J connectivity index is 1.78. The second kappa shape index (κ2) is 9.13. The fourth-order valence-corrected chi connectivity index (χ4v) is 2.82. The molecule has 0 spiro atoms. The van der Waals surface area contributed by atoms with Gasteiger partial charge in [0.2, 0.25) is 0 Å². The Kier molecular flexibility index (Phi) is 6.56. The molecular formula is C21H17ClF3N3O2. The van der Waals surface area contributed by atoms with E-state index < -0.39 is 18.2 Å². The minimum atomic E-state index is -5.08. The number of aryl methyl sites for hydroxylation is 1. The van der Waals surface area contributed by atoms with E-state index in [1.54, 1.807) is 48.5 Å². The van der Waals surface area contributed by atoms with Crippen molar-refractivity contribution in [3.63, 3.8) is 0 Å². The Morgan fingerprint density at radius 1 is 1.13 bits per heavy atom. The highest BCUT2D eigenvalue weighted by molar-refractivity contribution is 6.31. The van der Waals surface area contributed by atoms with E-state index in [1.165, 1.54) is 6.33 Å². The van der Waals surface area contributed by atoms with Crippen LogP contribution in [0.3, 0.4) is 0 Å². The summed E-state index contributed by atoms with van der Waals surface area (Å²) in [5, 5.41) is 3.54. The predicted molar refractivity (Wildman–Crippen MR) is 107 cm³/mol. The average Bonchev–Trinajstić information content (AvgIpc) is 2.73. The third-order valence-electron chi connectivity index (χ3n) is 4.24. The molecule has 9 heteroatoms. The molecule has 0 saturated carbocycles. The first kappa shape index (κ1) is 21.6. The summed E-state index contributed by atoms with van der Waals surface area (Å²) < 4.78 is 42.7. The van der Waals surface area contributed by atoms with Crippen molar-refractivity contribution in [1.82, 2.24) is 9.97 Å². The van der Waals surface area contributed by atoms with E-state index in [9.17, 15) is 18.0 Å². The number of aromatic nitrogens is 2. The zero-order valence-corrected chi connectivity index (χ0v) is 16.5. The van der Waals surface area contributed by atoms with Crippen LogP contribution in [0.2, 0.25) is 5.02 Å². The molecular weight excluding hydrogens is 419 g/mol. The van der Waals surface area contributed by atoms with Crippen LogP contribution in [-0.2, 0) is 9.53 Å². The molecule has 156 valence electrons.